The van der Waals surface area contributed by atoms with Crippen LogP contribution in [0.1, 0.15) is 15.9 Å². The summed E-state index contributed by atoms with van der Waals surface area (Å²) in [5, 5.41) is 2.41. The third-order valence-corrected chi connectivity index (χ3v) is 5.27. The van der Waals surface area contributed by atoms with Crippen molar-refractivity contribution in [2.75, 3.05) is 51.3 Å². The minimum absolute atomic E-state index is 0.257. The van der Waals surface area contributed by atoms with Crippen molar-refractivity contribution in [2.24, 2.45) is 0 Å². The Hall–Kier alpha value is -3.76. The van der Waals surface area contributed by atoms with Crippen LogP contribution >= 0.6 is 0 Å². The highest BCUT2D eigenvalue weighted by molar-refractivity contribution is 5.98. The fraction of sp³-hybridized carbons (Fsp3) is 0.348. The maximum absolute atomic E-state index is 12.9. The first kappa shape index (κ1) is 24.9. The molecule has 1 aliphatic heterocycles. The van der Waals surface area contributed by atoms with Crippen molar-refractivity contribution in [1.29, 1.82) is 0 Å². The molecule has 182 valence electrons. The quantitative estimate of drug-likeness (QED) is 0.614. The van der Waals surface area contributed by atoms with Gasteiger partial charge in [-0.25, -0.2) is 0 Å². The fourth-order valence-corrected chi connectivity index (χ4v) is 3.46. The number of carbonyl (C=O) groups excluding carboxylic acids is 3. The van der Waals surface area contributed by atoms with Crippen LogP contribution in [0.25, 0.3) is 0 Å². The first-order chi connectivity index (χ1) is 16.2. The molecule has 34 heavy (non-hydrogen) atoms. The van der Waals surface area contributed by atoms with E-state index in [0.29, 0.717) is 24.5 Å². The van der Waals surface area contributed by atoms with Crippen molar-refractivity contribution >= 4 is 23.5 Å². The summed E-state index contributed by atoms with van der Waals surface area (Å²) >= 11 is 0. The van der Waals surface area contributed by atoms with E-state index in [1.54, 1.807) is 35.2 Å². The van der Waals surface area contributed by atoms with Crippen LogP contribution in [0, 0.1) is 0 Å². The van der Waals surface area contributed by atoms with E-state index in [-0.39, 0.29) is 18.7 Å². The van der Waals surface area contributed by atoms with E-state index in [0.717, 1.165) is 12.1 Å². The summed E-state index contributed by atoms with van der Waals surface area (Å²) in [6.07, 6.45) is -4.43. The summed E-state index contributed by atoms with van der Waals surface area (Å²) in [7, 11) is 1.42. The van der Waals surface area contributed by atoms with Crippen LogP contribution in [0.5, 0.6) is 5.75 Å². The second-order valence-electron chi connectivity index (χ2n) is 7.46. The zero-order valence-corrected chi connectivity index (χ0v) is 18.4. The van der Waals surface area contributed by atoms with E-state index in [4.69, 9.17) is 9.47 Å². The Bertz CT molecular complexity index is 1040. The van der Waals surface area contributed by atoms with Crippen molar-refractivity contribution in [1.82, 2.24) is 10.2 Å². The molecule has 1 N–H and O–H groups in total. The minimum Gasteiger partial charge on any atom is -0.496 e. The van der Waals surface area contributed by atoms with E-state index in [1.165, 1.54) is 18.1 Å². The van der Waals surface area contributed by atoms with Crippen LogP contribution in [0.3, 0.4) is 0 Å². The Morgan fingerprint density at radius 3 is 2.38 bits per heavy atom. The van der Waals surface area contributed by atoms with E-state index >= 15 is 0 Å². The van der Waals surface area contributed by atoms with Gasteiger partial charge in [-0.1, -0.05) is 18.2 Å². The number of alkyl halides is 3. The molecule has 2 aromatic carbocycles. The number of hydrogen-bond donors (Lipinski definition) is 1. The number of carbonyl (C=O) groups is 3. The molecule has 0 aliphatic carbocycles. The molecule has 1 aliphatic rings. The SMILES string of the molecule is COc1ccccc1C(=O)NCC(=O)OCC(=O)N1CCN(c2cccc(C(F)(F)F)c2)CC1. The number of esters is 1. The van der Waals surface area contributed by atoms with Gasteiger partial charge in [-0.05, 0) is 30.3 Å². The molecular formula is C23H24F3N3O5. The van der Waals surface area contributed by atoms with Crippen molar-refractivity contribution in [3.05, 3.63) is 59.7 Å². The summed E-state index contributed by atoms with van der Waals surface area (Å²) in [5.41, 5.74) is -0.0418. The van der Waals surface area contributed by atoms with Gasteiger partial charge in [0.1, 0.15) is 12.3 Å². The third kappa shape index (κ3) is 6.40. The normalized spacial score (nSPS) is 13.9. The third-order valence-electron chi connectivity index (χ3n) is 5.27. The van der Waals surface area contributed by atoms with Gasteiger partial charge in [0.25, 0.3) is 11.8 Å². The van der Waals surface area contributed by atoms with E-state index in [9.17, 15) is 27.6 Å². The zero-order chi connectivity index (χ0) is 24.7. The highest BCUT2D eigenvalue weighted by atomic mass is 19.4. The van der Waals surface area contributed by atoms with Crippen molar-refractivity contribution in [2.45, 2.75) is 6.18 Å². The molecule has 0 bridgehead atoms. The molecule has 0 radical (unpaired) electrons. The summed E-state index contributed by atoms with van der Waals surface area (Å²) in [6, 6.07) is 11.5. The molecule has 2 amide bonds. The van der Waals surface area contributed by atoms with Gasteiger partial charge in [0.2, 0.25) is 0 Å². The molecule has 8 nitrogen and oxygen atoms in total. The largest absolute Gasteiger partial charge is 0.496 e. The van der Waals surface area contributed by atoms with Crippen molar-refractivity contribution < 1.29 is 37.0 Å². The highest BCUT2D eigenvalue weighted by Gasteiger charge is 2.31. The summed E-state index contributed by atoms with van der Waals surface area (Å²) in [4.78, 5) is 39.7. The maximum atomic E-state index is 12.9. The Balaban J connectivity index is 1.42. The molecule has 1 fully saturated rings. The number of halogens is 3. The van der Waals surface area contributed by atoms with Gasteiger partial charge in [-0.15, -0.1) is 0 Å². The molecule has 3 rings (SSSR count). The molecule has 0 saturated carbocycles. The maximum Gasteiger partial charge on any atom is 0.416 e. The minimum atomic E-state index is -4.43. The Labute approximate surface area is 194 Å². The average molecular weight is 479 g/mol. The van der Waals surface area contributed by atoms with Crippen molar-refractivity contribution in [3.63, 3.8) is 0 Å². The van der Waals surface area contributed by atoms with Gasteiger partial charge in [0.05, 0.1) is 18.2 Å². The van der Waals surface area contributed by atoms with E-state index < -0.39 is 42.7 Å². The standard InChI is InChI=1S/C23H24F3N3O5/c1-33-19-8-3-2-7-18(19)22(32)27-14-21(31)34-15-20(30)29-11-9-28(10-12-29)17-6-4-5-16(13-17)23(24,25)26/h2-8,13H,9-12,14-15H2,1H3,(H,27,32). The predicted octanol–water partition coefficient (Wildman–Crippen LogP) is 2.34. The number of hydrogen-bond acceptors (Lipinski definition) is 6. The van der Waals surface area contributed by atoms with Crippen LogP contribution < -0.4 is 15.0 Å². The molecule has 0 unspecified atom stereocenters. The Morgan fingerprint density at radius 2 is 1.71 bits per heavy atom. The van der Waals surface area contributed by atoms with Gasteiger partial charge in [0, 0.05) is 31.9 Å². The molecule has 2 aromatic rings. The first-order valence-corrected chi connectivity index (χ1v) is 10.5. The number of para-hydroxylation sites is 1. The molecule has 0 aromatic heterocycles. The predicted molar refractivity (Wildman–Crippen MR) is 117 cm³/mol. The zero-order valence-electron chi connectivity index (χ0n) is 18.4. The van der Waals surface area contributed by atoms with Crippen molar-refractivity contribution in [3.8, 4) is 5.75 Å². The highest BCUT2D eigenvalue weighted by Crippen LogP contribution is 2.31. The van der Waals surface area contributed by atoms with Gasteiger partial charge >= 0.3 is 12.1 Å². The Kier molecular flexibility index (Phi) is 7.98. The van der Waals surface area contributed by atoms with Crippen LogP contribution in [0.15, 0.2) is 48.5 Å². The lowest BCUT2D eigenvalue weighted by molar-refractivity contribution is -0.151. The number of nitrogens with one attached hydrogen (secondary N) is 1. The summed E-state index contributed by atoms with van der Waals surface area (Å²) in [5.74, 6) is -1.37. The topological polar surface area (TPSA) is 88.2 Å². The van der Waals surface area contributed by atoms with E-state index in [2.05, 4.69) is 5.32 Å². The number of anilines is 1. The summed E-state index contributed by atoms with van der Waals surface area (Å²) in [6.45, 7) is 0.320. The lowest BCUT2D eigenvalue weighted by atomic mass is 10.1. The molecule has 0 atom stereocenters. The van der Waals surface area contributed by atoms with Crippen LogP contribution in [-0.4, -0.2) is 69.1 Å². The molecule has 11 heteroatoms. The lowest BCUT2D eigenvalue weighted by Crippen LogP contribution is -2.50. The number of rotatable bonds is 7. The molecule has 0 spiro atoms. The number of benzene rings is 2. The average Bonchev–Trinajstić information content (AvgIpc) is 2.85. The molecule has 1 heterocycles. The van der Waals surface area contributed by atoms with Gasteiger partial charge in [0.15, 0.2) is 6.61 Å². The van der Waals surface area contributed by atoms with Crippen LogP contribution in [-0.2, 0) is 20.5 Å². The van der Waals surface area contributed by atoms with Crippen LogP contribution in [0.4, 0.5) is 18.9 Å². The smallest absolute Gasteiger partial charge is 0.416 e. The number of nitrogens with zero attached hydrogens (tertiary/aromatic N) is 2. The van der Waals surface area contributed by atoms with Gasteiger partial charge in [-0.3, -0.25) is 14.4 Å². The number of piperazine rings is 1. The first-order valence-electron chi connectivity index (χ1n) is 10.5. The number of ether oxygens (including phenoxy) is 2. The number of methoxy groups -OCH3 is 1. The van der Waals surface area contributed by atoms with E-state index in [1.807, 2.05) is 0 Å². The Morgan fingerprint density at radius 1 is 1.00 bits per heavy atom. The van der Waals surface area contributed by atoms with Crippen LogP contribution in [0.2, 0.25) is 0 Å². The fourth-order valence-electron chi connectivity index (χ4n) is 3.46. The lowest BCUT2D eigenvalue weighted by Gasteiger charge is -2.36. The summed E-state index contributed by atoms with van der Waals surface area (Å²) < 4.78 is 48.8. The number of amides is 2. The second kappa shape index (κ2) is 10.9. The van der Waals surface area contributed by atoms with Gasteiger partial charge in [-0.2, -0.15) is 13.2 Å². The van der Waals surface area contributed by atoms with Gasteiger partial charge < -0.3 is 24.6 Å². The monoisotopic (exact) mass is 479 g/mol. The second-order valence-corrected chi connectivity index (χ2v) is 7.46. The molecule has 1 saturated heterocycles. The molecular weight excluding hydrogens is 455 g/mol.